The van der Waals surface area contributed by atoms with E-state index in [-0.39, 0.29) is 5.91 Å². The SMILES string of the molecule is CCC1CCCCN1C(=O)c1cc(N(C)C)ccc1N. The average molecular weight is 275 g/mol. The second kappa shape index (κ2) is 6.16. The van der Waals surface area contributed by atoms with Crippen LogP contribution in [0.2, 0.25) is 0 Å². The van der Waals surface area contributed by atoms with Crippen LogP contribution in [0.15, 0.2) is 18.2 Å². The van der Waals surface area contributed by atoms with Gasteiger partial charge in [-0.3, -0.25) is 4.79 Å². The molecule has 0 spiro atoms. The second-order valence-corrected chi connectivity index (χ2v) is 5.72. The highest BCUT2D eigenvalue weighted by Crippen LogP contribution is 2.26. The van der Waals surface area contributed by atoms with Crippen molar-refractivity contribution < 1.29 is 4.79 Å². The van der Waals surface area contributed by atoms with Crippen molar-refractivity contribution in [1.29, 1.82) is 0 Å². The minimum Gasteiger partial charge on any atom is -0.398 e. The highest BCUT2D eigenvalue weighted by atomic mass is 16.2. The van der Waals surface area contributed by atoms with E-state index in [4.69, 9.17) is 5.73 Å². The molecular weight excluding hydrogens is 250 g/mol. The summed E-state index contributed by atoms with van der Waals surface area (Å²) < 4.78 is 0. The summed E-state index contributed by atoms with van der Waals surface area (Å²) in [7, 11) is 3.94. The van der Waals surface area contributed by atoms with E-state index in [0.717, 1.165) is 31.5 Å². The lowest BCUT2D eigenvalue weighted by atomic mass is 9.98. The number of piperidine rings is 1. The Kier molecular flexibility index (Phi) is 4.53. The van der Waals surface area contributed by atoms with Crippen molar-refractivity contribution in [3.8, 4) is 0 Å². The first-order valence-electron chi connectivity index (χ1n) is 7.42. The van der Waals surface area contributed by atoms with Crippen LogP contribution in [0, 0.1) is 0 Å². The molecule has 4 heteroatoms. The van der Waals surface area contributed by atoms with Gasteiger partial charge in [0.1, 0.15) is 0 Å². The number of carbonyl (C=O) groups excluding carboxylic acids is 1. The van der Waals surface area contributed by atoms with Crippen LogP contribution in [0.3, 0.4) is 0 Å². The maximum absolute atomic E-state index is 12.8. The van der Waals surface area contributed by atoms with Crippen LogP contribution in [0.1, 0.15) is 43.0 Å². The number of benzene rings is 1. The number of hydrogen-bond acceptors (Lipinski definition) is 3. The van der Waals surface area contributed by atoms with Gasteiger partial charge in [-0.1, -0.05) is 6.92 Å². The molecule has 1 atom stereocenters. The molecular formula is C16H25N3O. The largest absolute Gasteiger partial charge is 0.398 e. The van der Waals surface area contributed by atoms with E-state index in [1.54, 1.807) is 0 Å². The van der Waals surface area contributed by atoms with Crippen LogP contribution < -0.4 is 10.6 Å². The van der Waals surface area contributed by atoms with Gasteiger partial charge in [-0.25, -0.2) is 0 Å². The predicted octanol–water partition coefficient (Wildman–Crippen LogP) is 2.74. The molecule has 2 N–H and O–H groups in total. The first-order valence-corrected chi connectivity index (χ1v) is 7.42. The molecule has 1 saturated heterocycles. The second-order valence-electron chi connectivity index (χ2n) is 5.72. The number of likely N-dealkylation sites (tertiary alicyclic amines) is 1. The Bertz CT molecular complexity index is 485. The standard InChI is InChI=1S/C16H25N3O/c1-4-12-7-5-6-10-19(12)16(20)14-11-13(18(2)3)8-9-15(14)17/h8-9,11-12H,4-7,10,17H2,1-3H3. The van der Waals surface area contributed by atoms with Crippen molar-refractivity contribution in [2.24, 2.45) is 0 Å². The van der Waals surface area contributed by atoms with Gasteiger partial charge in [-0.2, -0.15) is 0 Å². The Morgan fingerprint density at radius 2 is 2.15 bits per heavy atom. The van der Waals surface area contributed by atoms with Crippen LogP contribution in [-0.2, 0) is 0 Å². The number of anilines is 2. The van der Waals surface area contributed by atoms with Crippen molar-refractivity contribution in [1.82, 2.24) is 4.90 Å². The summed E-state index contributed by atoms with van der Waals surface area (Å²) in [4.78, 5) is 16.8. The van der Waals surface area contributed by atoms with Gasteiger partial charge in [0.15, 0.2) is 0 Å². The molecule has 1 aromatic rings. The Morgan fingerprint density at radius 3 is 2.80 bits per heavy atom. The number of rotatable bonds is 3. The molecule has 0 radical (unpaired) electrons. The molecule has 0 saturated carbocycles. The fourth-order valence-electron chi connectivity index (χ4n) is 2.85. The molecule has 0 bridgehead atoms. The van der Waals surface area contributed by atoms with Gasteiger partial charge in [0.05, 0.1) is 5.56 Å². The van der Waals surface area contributed by atoms with E-state index >= 15 is 0 Å². The Labute approximate surface area is 121 Å². The minimum atomic E-state index is 0.0813. The summed E-state index contributed by atoms with van der Waals surface area (Å²) in [6, 6.07) is 6.03. The molecule has 1 fully saturated rings. The normalized spacial score (nSPS) is 18.9. The first kappa shape index (κ1) is 14.7. The van der Waals surface area contributed by atoms with Crippen molar-refractivity contribution in [2.45, 2.75) is 38.6 Å². The van der Waals surface area contributed by atoms with Gasteiger partial charge < -0.3 is 15.5 Å². The molecule has 1 amide bonds. The highest BCUT2D eigenvalue weighted by molar-refractivity contribution is 6.00. The van der Waals surface area contributed by atoms with Crippen molar-refractivity contribution in [3.05, 3.63) is 23.8 Å². The zero-order valence-electron chi connectivity index (χ0n) is 12.7. The van der Waals surface area contributed by atoms with Crippen LogP contribution in [-0.4, -0.2) is 37.5 Å². The Morgan fingerprint density at radius 1 is 1.40 bits per heavy atom. The monoisotopic (exact) mass is 275 g/mol. The lowest BCUT2D eigenvalue weighted by Crippen LogP contribution is -2.43. The van der Waals surface area contributed by atoms with E-state index in [0.29, 0.717) is 17.3 Å². The predicted molar refractivity (Wildman–Crippen MR) is 84.1 cm³/mol. The van der Waals surface area contributed by atoms with Gasteiger partial charge in [-0.05, 0) is 43.9 Å². The number of nitrogens with zero attached hydrogens (tertiary/aromatic N) is 2. The molecule has 1 heterocycles. The number of nitrogen functional groups attached to an aromatic ring is 1. The number of amides is 1. The molecule has 110 valence electrons. The van der Waals surface area contributed by atoms with Gasteiger partial charge in [0.25, 0.3) is 5.91 Å². The zero-order chi connectivity index (χ0) is 14.7. The summed E-state index contributed by atoms with van der Waals surface area (Å²) >= 11 is 0. The molecule has 1 aromatic carbocycles. The van der Waals surface area contributed by atoms with E-state index in [1.165, 1.54) is 6.42 Å². The third-order valence-electron chi connectivity index (χ3n) is 4.14. The van der Waals surface area contributed by atoms with E-state index in [2.05, 4.69) is 6.92 Å². The molecule has 1 unspecified atom stereocenters. The number of carbonyl (C=O) groups is 1. The molecule has 1 aliphatic heterocycles. The van der Waals surface area contributed by atoms with Crippen LogP contribution in [0.5, 0.6) is 0 Å². The number of hydrogen-bond donors (Lipinski definition) is 1. The first-order chi connectivity index (χ1) is 9.54. The highest BCUT2D eigenvalue weighted by Gasteiger charge is 2.27. The van der Waals surface area contributed by atoms with E-state index in [1.807, 2.05) is 42.1 Å². The van der Waals surface area contributed by atoms with Crippen LogP contribution in [0.4, 0.5) is 11.4 Å². The Balaban J connectivity index is 2.29. The lowest BCUT2D eigenvalue weighted by Gasteiger charge is -2.35. The summed E-state index contributed by atoms with van der Waals surface area (Å²) in [5.74, 6) is 0.0813. The van der Waals surface area contributed by atoms with Gasteiger partial charge in [0, 0.05) is 38.1 Å². The third-order valence-corrected chi connectivity index (χ3v) is 4.14. The maximum Gasteiger partial charge on any atom is 0.256 e. The average Bonchev–Trinajstić information content (AvgIpc) is 2.46. The summed E-state index contributed by atoms with van der Waals surface area (Å²) in [6.07, 6.45) is 4.43. The maximum atomic E-state index is 12.8. The molecule has 4 nitrogen and oxygen atoms in total. The van der Waals surface area contributed by atoms with Gasteiger partial charge >= 0.3 is 0 Å². The smallest absolute Gasteiger partial charge is 0.256 e. The quantitative estimate of drug-likeness (QED) is 0.863. The number of nitrogens with two attached hydrogens (primary N) is 1. The molecule has 1 aliphatic rings. The fraction of sp³-hybridized carbons (Fsp3) is 0.562. The molecule has 20 heavy (non-hydrogen) atoms. The van der Waals surface area contributed by atoms with Crippen molar-refractivity contribution in [3.63, 3.8) is 0 Å². The fourth-order valence-corrected chi connectivity index (χ4v) is 2.85. The van der Waals surface area contributed by atoms with Gasteiger partial charge in [-0.15, -0.1) is 0 Å². The molecule has 2 rings (SSSR count). The van der Waals surface area contributed by atoms with E-state index < -0.39 is 0 Å². The lowest BCUT2D eigenvalue weighted by molar-refractivity contribution is 0.0609. The molecule has 0 aromatic heterocycles. The van der Waals surface area contributed by atoms with E-state index in [9.17, 15) is 4.79 Å². The summed E-state index contributed by atoms with van der Waals surface area (Å²) in [6.45, 7) is 3.00. The van der Waals surface area contributed by atoms with Crippen LogP contribution in [0.25, 0.3) is 0 Å². The summed E-state index contributed by atoms with van der Waals surface area (Å²) in [5, 5.41) is 0. The minimum absolute atomic E-state index is 0.0813. The van der Waals surface area contributed by atoms with Crippen molar-refractivity contribution >= 4 is 17.3 Å². The third kappa shape index (κ3) is 2.89. The van der Waals surface area contributed by atoms with Crippen molar-refractivity contribution in [2.75, 3.05) is 31.3 Å². The van der Waals surface area contributed by atoms with Gasteiger partial charge in [0.2, 0.25) is 0 Å². The summed E-state index contributed by atoms with van der Waals surface area (Å²) in [5.41, 5.74) is 8.23. The Hall–Kier alpha value is -1.71. The topological polar surface area (TPSA) is 49.6 Å². The zero-order valence-corrected chi connectivity index (χ0v) is 12.7. The van der Waals surface area contributed by atoms with Crippen LogP contribution >= 0.6 is 0 Å². The molecule has 0 aliphatic carbocycles.